The maximum atomic E-state index is 9.51. The van der Waals surface area contributed by atoms with Gasteiger partial charge >= 0.3 is 82.0 Å². The van der Waals surface area contributed by atoms with Gasteiger partial charge in [0.1, 0.15) is 0 Å². The molecule has 0 saturated carbocycles. The fourth-order valence-corrected chi connectivity index (χ4v) is 0.632. The molecule has 0 rings (SSSR count). The van der Waals surface area contributed by atoms with E-state index in [0.717, 1.165) is 49.5 Å². The van der Waals surface area contributed by atoms with E-state index < -0.39 is 20.8 Å². The van der Waals surface area contributed by atoms with Crippen LogP contribution in [0.5, 0.6) is 0 Å². The van der Waals surface area contributed by atoms with E-state index in [9.17, 15) is 16.8 Å². The van der Waals surface area contributed by atoms with E-state index in [1.807, 2.05) is 0 Å². The predicted molar refractivity (Wildman–Crippen MR) is 47.9 cm³/mol. The van der Waals surface area contributed by atoms with Crippen molar-refractivity contribution in [3.05, 3.63) is 0 Å². The SMILES string of the molecule is N.O=S(=O)(O)OOS(=O)(=O)O.OC[CH2][K]. The summed E-state index contributed by atoms with van der Waals surface area (Å²) in [6.07, 6.45) is 0. The van der Waals surface area contributed by atoms with E-state index in [1.54, 1.807) is 0 Å². The summed E-state index contributed by atoms with van der Waals surface area (Å²) >= 11 is 0.863. The summed E-state index contributed by atoms with van der Waals surface area (Å²) < 4.78 is 59.9. The van der Waals surface area contributed by atoms with Gasteiger partial charge in [-0.1, -0.05) is 8.67 Å². The van der Waals surface area contributed by atoms with Gasteiger partial charge in [-0.05, 0) is 0 Å². The van der Waals surface area contributed by atoms with Gasteiger partial charge < -0.3 is 6.15 Å². The third-order valence-corrected chi connectivity index (χ3v) is 1.69. The standard InChI is InChI=1S/C2H5O.K.H3N.H2O8S2/c1-2-3;;;1-9(2,3)7-8-10(4,5)6/h3H,1-2H2;;1H3;(H,1,2,3)(H,4,5,6). The molecule has 0 aliphatic carbocycles. The van der Waals surface area contributed by atoms with Crippen LogP contribution in [0.25, 0.3) is 0 Å². The Hall–Kier alpha value is 1.30. The molecule has 13 heteroatoms. The third kappa shape index (κ3) is 31.3. The van der Waals surface area contributed by atoms with Gasteiger partial charge in [0.15, 0.2) is 0 Å². The van der Waals surface area contributed by atoms with E-state index in [4.69, 9.17) is 14.2 Å². The van der Waals surface area contributed by atoms with Crippen molar-refractivity contribution in [3.8, 4) is 0 Å². The van der Waals surface area contributed by atoms with Crippen molar-refractivity contribution < 1.29 is 39.7 Å². The van der Waals surface area contributed by atoms with Gasteiger partial charge in [0, 0.05) is 0 Å². The molecule has 0 aliphatic heterocycles. The molecule has 90 valence electrons. The Labute approximate surface area is 121 Å². The summed E-state index contributed by atoms with van der Waals surface area (Å²) in [5.74, 6) is 0. The van der Waals surface area contributed by atoms with Crippen LogP contribution in [0.15, 0.2) is 0 Å². The molecule has 10 nitrogen and oxygen atoms in total. The Bertz CT molecular complexity index is 286. The molecule has 0 spiro atoms. The van der Waals surface area contributed by atoms with Gasteiger partial charge in [-0.15, -0.1) is 0 Å². The first-order valence-corrected chi connectivity index (χ1v) is 7.99. The zero-order chi connectivity index (χ0) is 11.8. The summed E-state index contributed by atoms with van der Waals surface area (Å²) in [4.78, 5) is 0. The second-order valence-corrected chi connectivity index (χ2v) is 5.26. The number of aliphatic hydroxyl groups excluding tert-OH is 1. The van der Waals surface area contributed by atoms with Crippen LogP contribution >= 0.6 is 0 Å². The third-order valence-electron chi connectivity index (χ3n) is 0.423. The van der Waals surface area contributed by atoms with Crippen LogP contribution < -0.4 is 6.15 Å². The van der Waals surface area contributed by atoms with Crippen LogP contribution in [0.4, 0.5) is 0 Å². The molecule has 0 aliphatic rings. The molecule has 0 unspecified atom stereocenters. The van der Waals surface area contributed by atoms with Crippen LogP contribution in [-0.4, -0.2) is 86.6 Å². The molecule has 0 bridgehead atoms. The van der Waals surface area contributed by atoms with E-state index in [-0.39, 0.29) is 6.15 Å². The van der Waals surface area contributed by atoms with Gasteiger partial charge in [0.2, 0.25) is 0 Å². The van der Waals surface area contributed by atoms with Crippen molar-refractivity contribution >= 4 is 69.8 Å². The second-order valence-electron chi connectivity index (χ2n) is 1.72. The van der Waals surface area contributed by atoms with Gasteiger partial charge in [-0.2, -0.15) is 16.8 Å². The summed E-state index contributed by atoms with van der Waals surface area (Å²) in [5, 5.41) is 7.92. The molecular formula is C2H10KNO9S2. The van der Waals surface area contributed by atoms with Gasteiger partial charge in [-0.3, -0.25) is 9.11 Å². The number of hydrogen-bond donors (Lipinski definition) is 4. The molecule has 0 aromatic rings. The van der Waals surface area contributed by atoms with Crippen molar-refractivity contribution in [1.82, 2.24) is 6.15 Å². The first-order chi connectivity index (χ1) is 6.12. The maximum absolute atomic E-state index is 9.51. The van der Waals surface area contributed by atoms with Gasteiger partial charge in [-0.25, -0.2) is 0 Å². The van der Waals surface area contributed by atoms with Crippen LogP contribution in [0.1, 0.15) is 0 Å². The molecule has 0 amide bonds. The van der Waals surface area contributed by atoms with E-state index in [1.165, 1.54) is 0 Å². The number of rotatable bonds is 4. The zero-order valence-corrected chi connectivity index (χ0v) is 12.5. The summed E-state index contributed by atoms with van der Waals surface area (Å²) in [5.41, 5.74) is 0. The first-order valence-electron chi connectivity index (χ1n) is 3.06. The predicted octanol–water partition coefficient (Wildman–Crippen LogP) is -1.73. The Morgan fingerprint density at radius 2 is 1.20 bits per heavy atom. The van der Waals surface area contributed by atoms with E-state index >= 15 is 0 Å². The number of aliphatic hydroxyl groups is 1. The Kier molecular flexibility index (Phi) is 15.0. The molecule has 0 radical (unpaired) electrons. The summed E-state index contributed by atoms with van der Waals surface area (Å²) in [6, 6.07) is 0. The van der Waals surface area contributed by atoms with Crippen LogP contribution in [0.3, 0.4) is 0 Å². The molecule has 0 saturated heterocycles. The molecule has 6 N–H and O–H groups in total. The van der Waals surface area contributed by atoms with Crippen molar-refractivity contribution in [2.75, 3.05) is 6.61 Å². The summed E-state index contributed by atoms with van der Waals surface area (Å²) in [6.45, 7) is 0.403. The fourth-order valence-electron chi connectivity index (χ4n) is 0.0702. The normalized spacial score (nSPS) is 11.0. The molecule has 15 heavy (non-hydrogen) atoms. The van der Waals surface area contributed by atoms with Crippen molar-refractivity contribution in [2.24, 2.45) is 0 Å². The molecular weight excluding hydrogens is 285 g/mol. The summed E-state index contributed by atoms with van der Waals surface area (Å²) in [7, 11) is -10.0. The minimum absolute atomic E-state index is 0. The Morgan fingerprint density at radius 1 is 1.00 bits per heavy atom. The molecule has 0 heterocycles. The van der Waals surface area contributed by atoms with Crippen molar-refractivity contribution in [3.63, 3.8) is 0 Å². The molecule has 0 fully saturated rings. The second kappa shape index (κ2) is 10.5. The quantitative estimate of drug-likeness (QED) is 0.201. The molecule has 0 aromatic heterocycles. The first kappa shape index (κ1) is 21.6. The molecule has 0 atom stereocenters. The van der Waals surface area contributed by atoms with Gasteiger partial charge in [0.05, 0.1) is 0 Å². The Morgan fingerprint density at radius 3 is 1.27 bits per heavy atom. The Balaban J connectivity index is -0.000000249. The van der Waals surface area contributed by atoms with E-state index in [0.29, 0.717) is 6.61 Å². The van der Waals surface area contributed by atoms with Crippen LogP contribution in [-0.2, 0) is 29.5 Å². The average Bonchev–Trinajstić information content (AvgIpc) is 1.99. The fraction of sp³-hybridized carbons (Fsp3) is 1.00. The monoisotopic (exact) mass is 295 g/mol. The van der Waals surface area contributed by atoms with Gasteiger partial charge in [0.25, 0.3) is 0 Å². The topological polar surface area (TPSA) is 182 Å². The van der Waals surface area contributed by atoms with E-state index in [2.05, 4.69) is 8.67 Å². The number of hydrogen-bond acceptors (Lipinski definition) is 8. The minimum atomic E-state index is -5.02. The van der Waals surface area contributed by atoms with Crippen molar-refractivity contribution in [2.45, 2.75) is 0.515 Å². The van der Waals surface area contributed by atoms with Crippen LogP contribution in [0.2, 0.25) is 0.515 Å². The molecule has 0 aromatic carbocycles. The average molecular weight is 295 g/mol. The van der Waals surface area contributed by atoms with Crippen molar-refractivity contribution in [1.29, 1.82) is 0 Å². The van der Waals surface area contributed by atoms with Crippen LogP contribution in [0, 0.1) is 0 Å². The zero-order valence-electron chi connectivity index (χ0n) is 7.73.